The number of allylic oxidation sites excluding steroid dienone is 2. The highest BCUT2D eigenvalue weighted by Gasteiger charge is 2.73. The molecule has 3 atom stereocenters. The molecule has 28 heavy (non-hydrogen) atoms. The van der Waals surface area contributed by atoms with Crippen molar-refractivity contribution in [3.05, 3.63) is 48.1 Å². The number of carbonyl (C=O) groups excluding carboxylic acids is 3. The maximum Gasteiger partial charge on any atom is 0.329 e. The molecule has 148 valence electrons. The number of Topliss-reactive ketones (excluding diaryl/α,β-unsaturated/α-hetero) is 1. The Hall–Kier alpha value is -2.89. The molecule has 2 aliphatic heterocycles. The van der Waals surface area contributed by atoms with E-state index in [1.807, 2.05) is 13.8 Å². The summed E-state index contributed by atoms with van der Waals surface area (Å²) in [4.78, 5) is 41.4. The largest absolute Gasteiger partial charge is 0.508 e. The number of phenolic OH excluding ortho intramolecular Hbond substituents is 1. The van der Waals surface area contributed by atoms with Crippen molar-refractivity contribution < 1.29 is 24.2 Å². The number of nitrogens with zero attached hydrogens (tertiary/aromatic N) is 1. The van der Waals surface area contributed by atoms with E-state index in [2.05, 4.69) is 6.58 Å². The minimum atomic E-state index is -1.91. The number of anilines is 1. The number of phenols is 1. The summed E-state index contributed by atoms with van der Waals surface area (Å²) >= 11 is 0. The van der Waals surface area contributed by atoms with Gasteiger partial charge in [-0.3, -0.25) is 19.3 Å². The minimum Gasteiger partial charge on any atom is -0.508 e. The molecule has 0 bridgehead atoms. The molecule has 1 aromatic carbocycles. The van der Waals surface area contributed by atoms with Gasteiger partial charge in [0.2, 0.25) is 5.41 Å². The summed E-state index contributed by atoms with van der Waals surface area (Å²) in [5, 5.41) is 10.0. The molecule has 0 radical (unpaired) electrons. The van der Waals surface area contributed by atoms with E-state index in [-0.39, 0.29) is 12.4 Å². The molecule has 6 nitrogen and oxygen atoms in total. The van der Waals surface area contributed by atoms with E-state index < -0.39 is 34.5 Å². The molecule has 1 saturated heterocycles. The van der Waals surface area contributed by atoms with Crippen molar-refractivity contribution in [3.8, 4) is 5.75 Å². The van der Waals surface area contributed by atoms with Crippen LogP contribution in [-0.4, -0.2) is 34.9 Å². The molecular formula is C22H25NO5. The lowest BCUT2D eigenvalue weighted by atomic mass is 9.69. The monoisotopic (exact) mass is 383 g/mol. The van der Waals surface area contributed by atoms with Gasteiger partial charge in [-0.2, -0.15) is 0 Å². The number of esters is 1. The van der Waals surface area contributed by atoms with E-state index in [0.717, 1.165) is 11.1 Å². The van der Waals surface area contributed by atoms with Crippen molar-refractivity contribution >= 4 is 23.3 Å². The topological polar surface area (TPSA) is 83.9 Å². The van der Waals surface area contributed by atoms with Crippen LogP contribution in [0.2, 0.25) is 0 Å². The summed E-state index contributed by atoms with van der Waals surface area (Å²) < 4.78 is 5.09. The fourth-order valence-electron chi connectivity index (χ4n) is 4.73. The van der Waals surface area contributed by atoms with Gasteiger partial charge in [-0.05, 0) is 38.8 Å². The summed E-state index contributed by atoms with van der Waals surface area (Å²) in [6, 6.07) is 4.74. The summed E-state index contributed by atoms with van der Waals surface area (Å²) in [6.45, 7) is 10.5. The number of aromatic hydroxyl groups is 1. The molecular weight excluding hydrogens is 358 g/mol. The van der Waals surface area contributed by atoms with Crippen molar-refractivity contribution in [2.45, 2.75) is 45.6 Å². The Balaban J connectivity index is 2.34. The molecule has 1 N–H and O–H groups in total. The lowest BCUT2D eigenvalue weighted by molar-refractivity contribution is -0.160. The SMILES string of the molecule is C=C/C=C(/C)C1c2ccc(O)cc2N2C(=O)[C@@](C)(C(=O)OCC)C(=O)[C@]12CC. The van der Waals surface area contributed by atoms with Gasteiger partial charge in [0, 0.05) is 12.0 Å². The summed E-state index contributed by atoms with van der Waals surface area (Å²) in [6.07, 6.45) is 3.75. The molecule has 1 fully saturated rings. The van der Waals surface area contributed by atoms with Crippen LogP contribution in [0.3, 0.4) is 0 Å². The van der Waals surface area contributed by atoms with Gasteiger partial charge in [0.05, 0.1) is 12.3 Å². The first-order valence-electron chi connectivity index (χ1n) is 9.40. The van der Waals surface area contributed by atoms with Gasteiger partial charge in [-0.15, -0.1) is 0 Å². The summed E-state index contributed by atoms with van der Waals surface area (Å²) in [7, 11) is 0. The van der Waals surface area contributed by atoms with Crippen LogP contribution in [0, 0.1) is 5.41 Å². The fourth-order valence-corrected chi connectivity index (χ4v) is 4.73. The third kappa shape index (κ3) is 2.23. The number of amides is 1. The highest BCUT2D eigenvalue weighted by molar-refractivity contribution is 6.35. The van der Waals surface area contributed by atoms with Crippen molar-refractivity contribution in [2.75, 3.05) is 11.5 Å². The lowest BCUT2D eigenvalue weighted by Gasteiger charge is -2.35. The first-order chi connectivity index (χ1) is 13.2. The van der Waals surface area contributed by atoms with Crippen molar-refractivity contribution in [2.24, 2.45) is 5.41 Å². The number of ether oxygens (including phenoxy) is 1. The van der Waals surface area contributed by atoms with Crippen LogP contribution in [0.5, 0.6) is 5.75 Å². The maximum atomic E-state index is 13.8. The predicted molar refractivity (Wildman–Crippen MR) is 105 cm³/mol. The Labute approximate surface area is 164 Å². The number of benzene rings is 1. The van der Waals surface area contributed by atoms with Crippen molar-refractivity contribution in [1.82, 2.24) is 0 Å². The Morgan fingerprint density at radius 1 is 1.36 bits per heavy atom. The van der Waals surface area contributed by atoms with Gasteiger partial charge in [0.1, 0.15) is 11.3 Å². The van der Waals surface area contributed by atoms with E-state index >= 15 is 0 Å². The van der Waals surface area contributed by atoms with Crippen LogP contribution in [-0.2, 0) is 19.1 Å². The summed E-state index contributed by atoms with van der Waals surface area (Å²) in [5.74, 6) is -2.38. The normalized spacial score (nSPS) is 28.9. The van der Waals surface area contributed by atoms with Gasteiger partial charge in [-0.1, -0.05) is 37.3 Å². The van der Waals surface area contributed by atoms with Gasteiger partial charge in [0.15, 0.2) is 5.78 Å². The van der Waals surface area contributed by atoms with Crippen molar-refractivity contribution in [1.29, 1.82) is 0 Å². The highest BCUT2D eigenvalue weighted by atomic mass is 16.5. The van der Waals surface area contributed by atoms with Crippen LogP contribution in [0.15, 0.2) is 42.5 Å². The molecule has 6 heteroatoms. The second kappa shape index (κ2) is 6.62. The van der Waals surface area contributed by atoms with Gasteiger partial charge >= 0.3 is 5.97 Å². The van der Waals surface area contributed by atoms with Gasteiger partial charge < -0.3 is 9.84 Å². The minimum absolute atomic E-state index is 0.0141. The predicted octanol–water partition coefficient (Wildman–Crippen LogP) is 3.26. The van der Waals surface area contributed by atoms with Gasteiger partial charge in [0.25, 0.3) is 5.91 Å². The summed E-state index contributed by atoms with van der Waals surface area (Å²) in [5.41, 5.74) is -1.10. The Morgan fingerprint density at radius 3 is 2.61 bits per heavy atom. The first kappa shape index (κ1) is 19.9. The molecule has 2 heterocycles. The van der Waals surface area contributed by atoms with Crippen LogP contribution in [0.4, 0.5) is 5.69 Å². The van der Waals surface area contributed by atoms with Crippen LogP contribution in [0.1, 0.15) is 45.6 Å². The Morgan fingerprint density at radius 2 is 2.04 bits per heavy atom. The number of ketones is 1. The second-order valence-electron chi connectivity index (χ2n) is 7.42. The molecule has 0 aliphatic carbocycles. The standard InChI is InChI=1S/C22H25NO5/c1-6-9-13(4)17-15-11-10-14(24)12-16(15)23-19(26)21(5,20(27)28-8-3)18(25)22(17,23)7-2/h6,9-12,17,24H,1,7-8H2,2-5H3/b13-9-/t17?,21-,22-/m0/s1. The molecule has 0 saturated carbocycles. The number of fused-ring (bicyclic) bond motifs is 3. The fraction of sp³-hybridized carbons (Fsp3) is 0.409. The zero-order valence-corrected chi connectivity index (χ0v) is 16.6. The zero-order valence-electron chi connectivity index (χ0n) is 16.6. The molecule has 3 rings (SSSR count). The Bertz CT molecular complexity index is 918. The first-order valence-corrected chi connectivity index (χ1v) is 9.40. The molecule has 1 amide bonds. The van der Waals surface area contributed by atoms with Crippen LogP contribution < -0.4 is 4.90 Å². The van der Waals surface area contributed by atoms with E-state index in [9.17, 15) is 19.5 Å². The van der Waals surface area contributed by atoms with E-state index in [4.69, 9.17) is 4.74 Å². The molecule has 0 spiro atoms. The molecule has 1 unspecified atom stereocenters. The third-order valence-electron chi connectivity index (χ3n) is 5.98. The zero-order chi connectivity index (χ0) is 20.9. The van der Waals surface area contributed by atoms with Crippen LogP contribution >= 0.6 is 0 Å². The number of carbonyl (C=O) groups is 3. The average molecular weight is 383 g/mol. The van der Waals surface area contributed by atoms with E-state index in [0.29, 0.717) is 12.1 Å². The number of hydrogen-bond acceptors (Lipinski definition) is 5. The second-order valence-corrected chi connectivity index (χ2v) is 7.42. The quantitative estimate of drug-likeness (QED) is 0.479. The van der Waals surface area contributed by atoms with Crippen LogP contribution in [0.25, 0.3) is 0 Å². The molecule has 2 aliphatic rings. The van der Waals surface area contributed by atoms with E-state index in [1.165, 1.54) is 24.0 Å². The highest BCUT2D eigenvalue weighted by Crippen LogP contribution is 2.60. The maximum absolute atomic E-state index is 13.8. The lowest BCUT2D eigenvalue weighted by Crippen LogP contribution is -2.51. The van der Waals surface area contributed by atoms with Gasteiger partial charge in [-0.25, -0.2) is 0 Å². The Kier molecular flexibility index (Phi) is 4.69. The molecule has 1 aromatic rings. The van der Waals surface area contributed by atoms with Crippen molar-refractivity contribution in [3.63, 3.8) is 0 Å². The average Bonchev–Trinajstić information content (AvgIpc) is 3.04. The molecule has 0 aromatic heterocycles. The smallest absolute Gasteiger partial charge is 0.329 e. The van der Waals surface area contributed by atoms with E-state index in [1.54, 1.807) is 25.1 Å². The number of hydrogen-bond donors (Lipinski definition) is 1. The third-order valence-corrected chi connectivity index (χ3v) is 5.98. The number of rotatable bonds is 5.